The van der Waals surface area contributed by atoms with Gasteiger partial charge >= 0.3 is 0 Å². The first-order valence-electron chi connectivity index (χ1n) is 12.7. The van der Waals surface area contributed by atoms with Crippen LogP contribution in [0.15, 0.2) is 88.4 Å². The first kappa shape index (κ1) is 30.3. The minimum Gasteiger partial charge on any atom is -0.479 e. The van der Waals surface area contributed by atoms with Gasteiger partial charge in [-0.1, -0.05) is 65.7 Å². The first-order chi connectivity index (χ1) is 20.1. The van der Waals surface area contributed by atoms with Crippen LogP contribution in [-0.2, 0) is 16.0 Å². The number of hydrogen-bond acceptors (Lipinski definition) is 7. The van der Waals surface area contributed by atoms with Gasteiger partial charge in [0.15, 0.2) is 6.10 Å². The standard InChI is InChI=1S/C30H26Cl2N4O6/c1-18-8-9-21(15-26(18)36(39)40)27-13-11-23(42-27)17-33-35-30(38)25(14-20-6-4-3-5-7-20)34-29(37)19(2)41-28-12-10-22(31)16-24(28)32/h3-13,15-17,19,25H,14H2,1-2H3,(H,34,37)(H,35,38)/b33-17-/t19-,25+/m1/s1. The Bertz CT molecular complexity index is 1620. The van der Waals surface area contributed by atoms with Gasteiger partial charge in [0.05, 0.1) is 16.2 Å². The summed E-state index contributed by atoms with van der Waals surface area (Å²) in [5.74, 6) is -0.130. The lowest BCUT2D eigenvalue weighted by molar-refractivity contribution is -0.385. The molecule has 216 valence electrons. The number of nitrogens with one attached hydrogen (secondary N) is 2. The summed E-state index contributed by atoms with van der Waals surface area (Å²) in [4.78, 5) is 36.9. The third-order valence-electron chi connectivity index (χ3n) is 6.17. The van der Waals surface area contributed by atoms with Gasteiger partial charge in [0, 0.05) is 28.6 Å². The van der Waals surface area contributed by atoms with Crippen LogP contribution in [0.5, 0.6) is 5.75 Å². The number of nitrogens with zero attached hydrogens (tertiary/aromatic N) is 2. The van der Waals surface area contributed by atoms with E-state index < -0.39 is 28.9 Å². The van der Waals surface area contributed by atoms with E-state index in [2.05, 4.69) is 15.8 Å². The summed E-state index contributed by atoms with van der Waals surface area (Å²) < 4.78 is 11.4. The third-order valence-corrected chi connectivity index (χ3v) is 6.70. The maximum absolute atomic E-state index is 13.1. The van der Waals surface area contributed by atoms with Gasteiger partial charge < -0.3 is 14.5 Å². The van der Waals surface area contributed by atoms with Crippen molar-refractivity contribution in [2.45, 2.75) is 32.4 Å². The van der Waals surface area contributed by atoms with Crippen molar-refractivity contribution in [2.75, 3.05) is 0 Å². The second-order valence-electron chi connectivity index (χ2n) is 9.28. The maximum Gasteiger partial charge on any atom is 0.273 e. The van der Waals surface area contributed by atoms with Crippen LogP contribution >= 0.6 is 23.2 Å². The zero-order valence-electron chi connectivity index (χ0n) is 22.5. The van der Waals surface area contributed by atoms with Crippen molar-refractivity contribution in [1.29, 1.82) is 0 Å². The molecule has 0 unspecified atom stereocenters. The monoisotopic (exact) mass is 608 g/mol. The molecule has 3 aromatic carbocycles. The van der Waals surface area contributed by atoms with E-state index in [0.29, 0.717) is 27.7 Å². The number of furan rings is 1. The summed E-state index contributed by atoms with van der Waals surface area (Å²) in [6, 6.07) is 20.9. The number of benzene rings is 3. The Labute approximate surface area is 251 Å². The summed E-state index contributed by atoms with van der Waals surface area (Å²) in [5.41, 5.74) is 4.29. The average Bonchev–Trinajstić information content (AvgIpc) is 3.43. The summed E-state index contributed by atoms with van der Waals surface area (Å²) in [6.45, 7) is 3.19. The molecule has 0 spiro atoms. The van der Waals surface area contributed by atoms with Crippen molar-refractivity contribution >= 4 is 46.9 Å². The van der Waals surface area contributed by atoms with Gasteiger partial charge in [0.1, 0.15) is 23.3 Å². The van der Waals surface area contributed by atoms with E-state index >= 15 is 0 Å². The lowest BCUT2D eigenvalue weighted by atomic mass is 10.1. The number of aryl methyl sites for hydroxylation is 1. The Morgan fingerprint density at radius 2 is 1.81 bits per heavy atom. The van der Waals surface area contributed by atoms with E-state index in [-0.39, 0.29) is 22.9 Å². The minimum atomic E-state index is -0.982. The summed E-state index contributed by atoms with van der Waals surface area (Å²) in [5, 5.41) is 18.6. The summed E-state index contributed by atoms with van der Waals surface area (Å²) in [6.07, 6.45) is 0.511. The van der Waals surface area contributed by atoms with Crippen LogP contribution in [0.3, 0.4) is 0 Å². The van der Waals surface area contributed by atoms with E-state index in [1.54, 1.807) is 43.3 Å². The Morgan fingerprint density at radius 1 is 1.05 bits per heavy atom. The molecule has 0 saturated carbocycles. The van der Waals surface area contributed by atoms with Gasteiger partial charge in [0.2, 0.25) is 0 Å². The van der Waals surface area contributed by atoms with Gasteiger partial charge in [-0.3, -0.25) is 19.7 Å². The summed E-state index contributed by atoms with van der Waals surface area (Å²) in [7, 11) is 0. The molecular formula is C30H26Cl2N4O6. The van der Waals surface area contributed by atoms with E-state index in [1.807, 2.05) is 30.3 Å². The Hall–Kier alpha value is -4.67. The predicted molar refractivity (Wildman–Crippen MR) is 160 cm³/mol. The van der Waals surface area contributed by atoms with Crippen LogP contribution in [0.2, 0.25) is 10.0 Å². The Kier molecular flexibility index (Phi) is 9.95. The number of nitro groups is 1. The van der Waals surface area contributed by atoms with Crippen LogP contribution in [0, 0.1) is 17.0 Å². The molecule has 2 amide bonds. The van der Waals surface area contributed by atoms with E-state index in [9.17, 15) is 19.7 Å². The molecule has 0 aliphatic carbocycles. The normalized spacial score (nSPS) is 12.5. The quantitative estimate of drug-likeness (QED) is 0.120. The molecule has 10 nitrogen and oxygen atoms in total. The number of hydrazone groups is 1. The highest BCUT2D eigenvalue weighted by molar-refractivity contribution is 6.35. The van der Waals surface area contributed by atoms with Crippen LogP contribution in [0.1, 0.15) is 23.8 Å². The van der Waals surface area contributed by atoms with Crippen LogP contribution in [0.25, 0.3) is 11.3 Å². The molecule has 4 rings (SSSR count). The number of amides is 2. The van der Waals surface area contributed by atoms with Crippen molar-refractivity contribution < 1.29 is 23.7 Å². The number of carbonyl (C=O) groups is 2. The molecule has 0 radical (unpaired) electrons. The van der Waals surface area contributed by atoms with Crippen molar-refractivity contribution in [3.05, 3.63) is 116 Å². The first-order valence-corrected chi connectivity index (χ1v) is 13.5. The predicted octanol–water partition coefficient (Wildman–Crippen LogP) is 6.12. The molecule has 0 bridgehead atoms. The maximum atomic E-state index is 13.1. The highest BCUT2D eigenvalue weighted by atomic mass is 35.5. The largest absolute Gasteiger partial charge is 0.479 e. The van der Waals surface area contributed by atoms with Crippen LogP contribution in [0.4, 0.5) is 5.69 Å². The fraction of sp³-hybridized carbons (Fsp3) is 0.167. The molecular weight excluding hydrogens is 583 g/mol. The highest BCUT2D eigenvalue weighted by Crippen LogP contribution is 2.29. The lowest BCUT2D eigenvalue weighted by Crippen LogP contribution is -2.50. The van der Waals surface area contributed by atoms with Crippen molar-refractivity contribution in [3.8, 4) is 17.1 Å². The summed E-state index contributed by atoms with van der Waals surface area (Å²) >= 11 is 12.1. The second kappa shape index (κ2) is 13.8. The molecule has 0 aliphatic rings. The molecule has 0 fully saturated rings. The van der Waals surface area contributed by atoms with Crippen LogP contribution in [-0.4, -0.2) is 35.1 Å². The number of carbonyl (C=O) groups excluding carboxylic acids is 2. The average molecular weight is 609 g/mol. The van der Waals surface area contributed by atoms with Crippen molar-refractivity contribution in [2.24, 2.45) is 5.10 Å². The topological polar surface area (TPSA) is 136 Å². The van der Waals surface area contributed by atoms with E-state index in [1.165, 1.54) is 25.3 Å². The van der Waals surface area contributed by atoms with Gasteiger partial charge in [0.25, 0.3) is 17.5 Å². The van der Waals surface area contributed by atoms with Gasteiger partial charge in [-0.05, 0) is 49.7 Å². The van der Waals surface area contributed by atoms with Crippen LogP contribution < -0.4 is 15.5 Å². The fourth-order valence-corrected chi connectivity index (χ4v) is 4.39. The molecule has 12 heteroatoms. The zero-order chi connectivity index (χ0) is 30.2. The molecule has 1 aromatic heterocycles. The van der Waals surface area contributed by atoms with E-state index in [0.717, 1.165) is 5.56 Å². The smallest absolute Gasteiger partial charge is 0.273 e. The molecule has 1 heterocycles. The van der Waals surface area contributed by atoms with Crippen molar-refractivity contribution in [3.63, 3.8) is 0 Å². The number of ether oxygens (including phenoxy) is 1. The number of halogens is 2. The number of nitro benzene ring substituents is 1. The minimum absolute atomic E-state index is 0.0196. The zero-order valence-corrected chi connectivity index (χ0v) is 24.1. The molecule has 0 aliphatic heterocycles. The highest BCUT2D eigenvalue weighted by Gasteiger charge is 2.25. The SMILES string of the molecule is Cc1ccc(-c2ccc(/C=N\NC(=O)[C@H](Cc3ccccc3)NC(=O)[C@@H](C)Oc3ccc(Cl)cc3Cl)o2)cc1[N+](=O)[O-]. The molecule has 42 heavy (non-hydrogen) atoms. The molecule has 2 N–H and O–H groups in total. The third kappa shape index (κ3) is 7.96. The van der Waals surface area contributed by atoms with Gasteiger partial charge in [-0.25, -0.2) is 5.43 Å². The lowest BCUT2D eigenvalue weighted by Gasteiger charge is -2.21. The van der Waals surface area contributed by atoms with Gasteiger partial charge in [-0.15, -0.1) is 0 Å². The van der Waals surface area contributed by atoms with Crippen molar-refractivity contribution in [1.82, 2.24) is 10.7 Å². The second-order valence-corrected chi connectivity index (χ2v) is 10.1. The van der Waals surface area contributed by atoms with Gasteiger partial charge in [-0.2, -0.15) is 5.10 Å². The number of rotatable bonds is 11. The molecule has 2 atom stereocenters. The Balaban J connectivity index is 1.43. The number of hydrogen-bond donors (Lipinski definition) is 2. The molecule has 4 aromatic rings. The Morgan fingerprint density at radius 3 is 2.52 bits per heavy atom. The van der Waals surface area contributed by atoms with E-state index in [4.69, 9.17) is 32.4 Å². The molecule has 0 saturated heterocycles. The fourth-order valence-electron chi connectivity index (χ4n) is 3.94.